The Morgan fingerprint density at radius 2 is 2.38 bits per heavy atom. The Kier molecular flexibility index (Phi) is 4.34. The van der Waals surface area contributed by atoms with Gasteiger partial charge in [-0.2, -0.15) is 0 Å². The summed E-state index contributed by atoms with van der Waals surface area (Å²) in [6, 6.07) is 0. The second kappa shape index (κ2) is 5.60. The summed E-state index contributed by atoms with van der Waals surface area (Å²) < 4.78 is 4.98. The third-order valence-electron chi connectivity index (χ3n) is 1.88. The summed E-state index contributed by atoms with van der Waals surface area (Å²) in [5.74, 6) is 5.76. The number of cyclic esters (lactones) is 1. The zero-order valence-electron chi connectivity index (χ0n) is 7.58. The third-order valence-corrected chi connectivity index (χ3v) is 1.88. The highest BCUT2D eigenvalue weighted by atomic mass is 16.5. The van der Waals surface area contributed by atoms with Crippen LogP contribution in [0.5, 0.6) is 0 Å². The largest absolute Gasteiger partial charge is 0.461 e. The van der Waals surface area contributed by atoms with Gasteiger partial charge in [0.15, 0.2) is 0 Å². The summed E-state index contributed by atoms with van der Waals surface area (Å²) in [7, 11) is 0. The Bertz CT molecular complexity index is 224. The molecule has 1 aliphatic heterocycles. The molecule has 1 fully saturated rings. The molecule has 0 spiro atoms. The van der Waals surface area contributed by atoms with Gasteiger partial charge >= 0.3 is 5.97 Å². The number of carbonyl (C=O) groups excluding carboxylic acids is 1. The maximum atomic E-state index is 10.7. The van der Waals surface area contributed by atoms with E-state index in [4.69, 9.17) is 9.84 Å². The van der Waals surface area contributed by atoms with E-state index in [9.17, 15) is 4.79 Å². The van der Waals surface area contributed by atoms with Crippen LogP contribution in [0.3, 0.4) is 0 Å². The number of aliphatic hydroxyl groups is 1. The van der Waals surface area contributed by atoms with Crippen molar-refractivity contribution >= 4 is 5.97 Å². The molecule has 1 aliphatic rings. The van der Waals surface area contributed by atoms with Gasteiger partial charge in [-0.15, -0.1) is 5.92 Å². The number of hydrogen-bond donors (Lipinski definition) is 1. The molecule has 0 bridgehead atoms. The molecule has 1 N–H and O–H groups in total. The van der Waals surface area contributed by atoms with Crippen LogP contribution in [-0.4, -0.2) is 23.8 Å². The van der Waals surface area contributed by atoms with Crippen molar-refractivity contribution < 1.29 is 14.6 Å². The van der Waals surface area contributed by atoms with Crippen LogP contribution in [0.4, 0.5) is 0 Å². The zero-order chi connectivity index (χ0) is 9.52. The van der Waals surface area contributed by atoms with Gasteiger partial charge < -0.3 is 9.84 Å². The van der Waals surface area contributed by atoms with Gasteiger partial charge in [0.2, 0.25) is 0 Å². The Hall–Kier alpha value is -1.01. The lowest BCUT2D eigenvalue weighted by atomic mass is 10.2. The van der Waals surface area contributed by atoms with E-state index in [1.165, 1.54) is 0 Å². The van der Waals surface area contributed by atoms with E-state index in [1.807, 2.05) is 0 Å². The molecule has 0 radical (unpaired) electrons. The van der Waals surface area contributed by atoms with Crippen molar-refractivity contribution in [3.05, 3.63) is 0 Å². The van der Waals surface area contributed by atoms with Crippen molar-refractivity contribution in [2.24, 2.45) is 0 Å². The molecule has 0 aliphatic carbocycles. The van der Waals surface area contributed by atoms with E-state index in [1.54, 1.807) is 0 Å². The maximum Gasteiger partial charge on any atom is 0.306 e. The Morgan fingerprint density at radius 3 is 3.00 bits per heavy atom. The molecular formula is C10H14O3. The monoisotopic (exact) mass is 182 g/mol. The van der Waals surface area contributed by atoms with Gasteiger partial charge in [0.05, 0.1) is 0 Å². The Morgan fingerprint density at radius 1 is 1.54 bits per heavy atom. The molecule has 1 saturated heterocycles. The second-order valence-corrected chi connectivity index (χ2v) is 3.04. The van der Waals surface area contributed by atoms with E-state index in [2.05, 4.69) is 11.8 Å². The van der Waals surface area contributed by atoms with Gasteiger partial charge in [-0.05, 0) is 12.8 Å². The maximum absolute atomic E-state index is 10.7. The molecule has 1 rings (SSSR count). The minimum atomic E-state index is -0.109. The fourth-order valence-corrected chi connectivity index (χ4v) is 1.17. The fourth-order valence-electron chi connectivity index (χ4n) is 1.17. The number of carbonyl (C=O) groups is 1. The molecule has 13 heavy (non-hydrogen) atoms. The summed E-state index contributed by atoms with van der Waals surface area (Å²) in [5, 5.41) is 8.47. The van der Waals surface area contributed by atoms with Crippen LogP contribution in [0.2, 0.25) is 0 Å². The molecule has 0 saturated carbocycles. The van der Waals surface area contributed by atoms with Crippen LogP contribution in [-0.2, 0) is 9.53 Å². The minimum Gasteiger partial charge on any atom is -0.461 e. The highest BCUT2D eigenvalue weighted by Gasteiger charge is 2.21. The lowest BCUT2D eigenvalue weighted by Crippen LogP contribution is -2.04. The first-order valence-electron chi connectivity index (χ1n) is 4.59. The third kappa shape index (κ3) is 3.95. The molecular weight excluding hydrogens is 168 g/mol. The minimum absolute atomic E-state index is 0.00845. The SMILES string of the molecule is O=C1CCC(CC#CCCCO)O1. The first-order valence-corrected chi connectivity index (χ1v) is 4.59. The summed E-state index contributed by atoms with van der Waals surface area (Å²) >= 11 is 0. The van der Waals surface area contributed by atoms with Crippen molar-refractivity contribution in [1.29, 1.82) is 0 Å². The molecule has 0 aromatic carbocycles. The zero-order valence-corrected chi connectivity index (χ0v) is 7.58. The van der Waals surface area contributed by atoms with Crippen molar-refractivity contribution in [1.82, 2.24) is 0 Å². The first kappa shape index (κ1) is 10.1. The summed E-state index contributed by atoms with van der Waals surface area (Å²) in [4.78, 5) is 10.7. The molecule has 3 nitrogen and oxygen atoms in total. The summed E-state index contributed by atoms with van der Waals surface area (Å²) in [5.41, 5.74) is 0. The van der Waals surface area contributed by atoms with Gasteiger partial charge in [0.25, 0.3) is 0 Å². The normalized spacial score (nSPS) is 20.7. The van der Waals surface area contributed by atoms with E-state index >= 15 is 0 Å². The summed E-state index contributed by atoms with van der Waals surface area (Å²) in [6.07, 6.45) is 3.41. The molecule has 0 amide bonds. The van der Waals surface area contributed by atoms with E-state index in [0.29, 0.717) is 12.8 Å². The molecule has 3 heteroatoms. The van der Waals surface area contributed by atoms with Crippen molar-refractivity contribution in [3.63, 3.8) is 0 Å². The highest BCUT2D eigenvalue weighted by Crippen LogP contribution is 2.15. The van der Waals surface area contributed by atoms with E-state index in [0.717, 1.165) is 19.3 Å². The van der Waals surface area contributed by atoms with Crippen LogP contribution in [0, 0.1) is 11.8 Å². The lowest BCUT2D eigenvalue weighted by Gasteiger charge is -2.02. The Labute approximate surface area is 78.1 Å². The second-order valence-electron chi connectivity index (χ2n) is 3.04. The molecule has 1 atom stereocenters. The van der Waals surface area contributed by atoms with E-state index < -0.39 is 0 Å². The molecule has 1 unspecified atom stereocenters. The van der Waals surface area contributed by atoms with Crippen LogP contribution in [0.15, 0.2) is 0 Å². The molecule has 1 heterocycles. The predicted octanol–water partition coefficient (Wildman–Crippen LogP) is 0.858. The lowest BCUT2D eigenvalue weighted by molar-refractivity contribution is -0.141. The first-order chi connectivity index (χ1) is 6.33. The average molecular weight is 182 g/mol. The van der Waals surface area contributed by atoms with Crippen LogP contribution in [0.1, 0.15) is 32.1 Å². The van der Waals surface area contributed by atoms with Gasteiger partial charge in [-0.3, -0.25) is 4.79 Å². The van der Waals surface area contributed by atoms with Gasteiger partial charge in [0.1, 0.15) is 6.10 Å². The standard InChI is InChI=1S/C10H14O3/c11-8-4-2-1-3-5-9-6-7-10(12)13-9/h9,11H,2,4-8H2. The summed E-state index contributed by atoms with van der Waals surface area (Å²) in [6.45, 7) is 0.188. The molecule has 0 aromatic heterocycles. The van der Waals surface area contributed by atoms with Crippen LogP contribution < -0.4 is 0 Å². The van der Waals surface area contributed by atoms with Crippen LogP contribution >= 0.6 is 0 Å². The average Bonchev–Trinajstić information content (AvgIpc) is 2.51. The fraction of sp³-hybridized carbons (Fsp3) is 0.700. The molecule has 72 valence electrons. The number of aliphatic hydroxyl groups excluding tert-OH is 1. The molecule has 0 aromatic rings. The number of rotatable bonds is 3. The van der Waals surface area contributed by atoms with Crippen molar-refractivity contribution in [2.45, 2.75) is 38.2 Å². The number of unbranched alkanes of at least 4 members (excludes halogenated alkanes) is 1. The number of ether oxygens (including phenoxy) is 1. The van der Waals surface area contributed by atoms with Crippen molar-refractivity contribution in [2.75, 3.05) is 6.61 Å². The van der Waals surface area contributed by atoms with Gasteiger partial charge in [-0.1, -0.05) is 5.92 Å². The van der Waals surface area contributed by atoms with Crippen LogP contribution in [0.25, 0.3) is 0 Å². The number of esters is 1. The topological polar surface area (TPSA) is 46.5 Å². The quantitative estimate of drug-likeness (QED) is 0.400. The van der Waals surface area contributed by atoms with E-state index in [-0.39, 0.29) is 18.7 Å². The van der Waals surface area contributed by atoms with Gasteiger partial charge in [0, 0.05) is 25.9 Å². The Balaban J connectivity index is 2.10. The number of hydrogen-bond acceptors (Lipinski definition) is 3. The predicted molar refractivity (Wildman–Crippen MR) is 47.8 cm³/mol. The van der Waals surface area contributed by atoms with Gasteiger partial charge in [-0.25, -0.2) is 0 Å². The smallest absolute Gasteiger partial charge is 0.306 e. The van der Waals surface area contributed by atoms with Crippen molar-refractivity contribution in [3.8, 4) is 11.8 Å². The highest BCUT2D eigenvalue weighted by molar-refractivity contribution is 5.71.